The van der Waals surface area contributed by atoms with Gasteiger partial charge in [-0.05, 0) is 51.0 Å². The van der Waals surface area contributed by atoms with E-state index in [0.717, 1.165) is 31.4 Å². The number of nitrogens with zero attached hydrogens (tertiary/aromatic N) is 1. The fourth-order valence-corrected chi connectivity index (χ4v) is 2.27. The molecule has 0 unspecified atom stereocenters. The molecular weight excluding hydrogens is 424 g/mol. The third kappa shape index (κ3) is 14.2. The van der Waals surface area contributed by atoms with E-state index in [2.05, 4.69) is 5.73 Å². The highest BCUT2D eigenvalue weighted by molar-refractivity contribution is 5.74. The molecule has 0 aromatic heterocycles. The molecule has 1 fully saturated rings. The number of carbonyl (C=O) groups is 2. The molecular formula is C24H36N4O5. The normalized spacial score (nSPS) is 11.7. The molecule has 33 heavy (non-hydrogen) atoms. The van der Waals surface area contributed by atoms with Crippen LogP contribution in [-0.2, 0) is 14.3 Å². The minimum atomic E-state index is -0.00694. The van der Waals surface area contributed by atoms with Gasteiger partial charge in [0.15, 0.2) is 0 Å². The van der Waals surface area contributed by atoms with Gasteiger partial charge in [-0.2, -0.15) is 0 Å². The van der Waals surface area contributed by atoms with E-state index in [0.29, 0.717) is 18.9 Å². The molecule has 3 rings (SSSR count). The smallest absolute Gasteiger partial charge is 0.308 e. The number of ether oxygens (including phenoxy) is 2. The Kier molecular flexibility index (Phi) is 16.1. The quantitative estimate of drug-likeness (QED) is 0.212. The zero-order chi connectivity index (χ0) is 25.1. The fraction of sp³-hybridized carbons (Fsp3) is 0.333. The highest BCUT2D eigenvalue weighted by atomic mass is 16.5. The van der Waals surface area contributed by atoms with Gasteiger partial charge in [0.05, 0.1) is 23.9 Å². The monoisotopic (exact) mass is 460 g/mol. The summed E-state index contributed by atoms with van der Waals surface area (Å²) < 4.78 is 10.3. The number of para-hydroxylation sites is 1. The molecule has 0 saturated heterocycles. The number of primary amides is 1. The van der Waals surface area contributed by atoms with E-state index in [1.807, 2.05) is 68.4 Å². The van der Waals surface area contributed by atoms with Crippen LogP contribution in [0.1, 0.15) is 25.3 Å². The summed E-state index contributed by atoms with van der Waals surface area (Å²) in [5.41, 5.74) is 12.7. The van der Waals surface area contributed by atoms with E-state index >= 15 is 0 Å². The SMILES string of the molecule is CCOC(=O)C1CC1.CO.Cc1ccc(OC/C(N)=C/N(N)c2ccccc2)cc1.NC=O. The number of aliphatic hydroxyl groups excluding tert-OH is 1. The maximum atomic E-state index is 10.6. The molecule has 0 aliphatic heterocycles. The maximum absolute atomic E-state index is 10.6. The van der Waals surface area contributed by atoms with Gasteiger partial charge in [-0.25, -0.2) is 5.84 Å². The predicted molar refractivity (Wildman–Crippen MR) is 130 cm³/mol. The minimum absolute atomic E-state index is 0.00694. The Morgan fingerprint density at radius 1 is 1.12 bits per heavy atom. The Morgan fingerprint density at radius 3 is 2.15 bits per heavy atom. The lowest BCUT2D eigenvalue weighted by Crippen LogP contribution is -2.27. The Morgan fingerprint density at radius 2 is 1.67 bits per heavy atom. The standard InChI is InChI=1S/C16H19N3O.C6H10O2.CH3NO.CH4O/c1-13-7-9-16(10-8-13)20-12-14(17)11-19(18)15-5-3-2-4-6-15;1-2-8-6(7)5-3-4-5;2-1-3;1-2/h2-11H,12,17-18H2,1H3;5H,2-4H2,1H3;1H,(H2,2,3);2H,1H3/b14-11-;;;. The van der Waals surface area contributed by atoms with Crippen LogP contribution in [0.4, 0.5) is 5.69 Å². The lowest BCUT2D eigenvalue weighted by molar-refractivity contribution is -0.144. The first-order chi connectivity index (χ1) is 15.9. The molecule has 0 heterocycles. The van der Waals surface area contributed by atoms with Crippen molar-refractivity contribution >= 4 is 18.1 Å². The van der Waals surface area contributed by atoms with Gasteiger partial charge in [0.25, 0.3) is 0 Å². The molecule has 1 aliphatic rings. The minimum Gasteiger partial charge on any atom is -0.487 e. The summed E-state index contributed by atoms with van der Waals surface area (Å²) in [5.74, 6) is 6.95. The zero-order valence-corrected chi connectivity index (χ0v) is 19.5. The van der Waals surface area contributed by atoms with Crippen LogP contribution in [0.3, 0.4) is 0 Å². The molecule has 1 amide bonds. The van der Waals surface area contributed by atoms with Crippen molar-refractivity contribution in [1.29, 1.82) is 0 Å². The number of rotatable bonds is 7. The topological polar surface area (TPSA) is 154 Å². The number of anilines is 1. The number of carbonyl (C=O) groups excluding carboxylic acids is 2. The van der Waals surface area contributed by atoms with Crippen LogP contribution < -0.4 is 27.1 Å². The number of benzene rings is 2. The number of amides is 1. The molecule has 0 atom stereocenters. The highest BCUT2D eigenvalue weighted by Gasteiger charge is 2.30. The van der Waals surface area contributed by atoms with Gasteiger partial charge < -0.3 is 26.0 Å². The van der Waals surface area contributed by atoms with Crippen LogP contribution in [0.5, 0.6) is 5.75 Å². The van der Waals surface area contributed by atoms with Gasteiger partial charge in [-0.3, -0.25) is 14.6 Å². The maximum Gasteiger partial charge on any atom is 0.308 e. The number of aliphatic hydroxyl groups is 1. The molecule has 0 bridgehead atoms. The summed E-state index contributed by atoms with van der Waals surface area (Å²) in [5, 5.41) is 8.48. The van der Waals surface area contributed by atoms with E-state index in [9.17, 15) is 4.79 Å². The van der Waals surface area contributed by atoms with Crippen molar-refractivity contribution in [2.45, 2.75) is 26.7 Å². The Bertz CT molecular complexity index is 809. The average Bonchev–Trinajstić information content (AvgIpc) is 3.67. The summed E-state index contributed by atoms with van der Waals surface area (Å²) >= 11 is 0. The summed E-state index contributed by atoms with van der Waals surface area (Å²) in [4.78, 5) is 19.2. The van der Waals surface area contributed by atoms with Crippen LogP contribution in [0.25, 0.3) is 0 Å². The van der Waals surface area contributed by atoms with E-state index in [-0.39, 0.29) is 18.3 Å². The van der Waals surface area contributed by atoms with Crippen LogP contribution in [0.2, 0.25) is 0 Å². The van der Waals surface area contributed by atoms with Gasteiger partial charge in [0.1, 0.15) is 12.4 Å². The number of nitrogens with two attached hydrogens (primary N) is 3. The zero-order valence-electron chi connectivity index (χ0n) is 19.5. The van der Waals surface area contributed by atoms with E-state index in [1.165, 1.54) is 10.6 Å². The first-order valence-electron chi connectivity index (χ1n) is 10.4. The second-order valence-electron chi connectivity index (χ2n) is 6.71. The van der Waals surface area contributed by atoms with Crippen molar-refractivity contribution in [2.24, 2.45) is 23.2 Å². The number of esters is 1. The first kappa shape index (κ1) is 29.4. The summed E-state index contributed by atoms with van der Waals surface area (Å²) in [6.07, 6.45) is 3.99. The van der Waals surface area contributed by atoms with Crippen LogP contribution >= 0.6 is 0 Å². The summed E-state index contributed by atoms with van der Waals surface area (Å²) in [6.45, 7) is 4.68. The van der Waals surface area contributed by atoms with Gasteiger partial charge in [-0.1, -0.05) is 35.9 Å². The molecule has 2 aromatic carbocycles. The van der Waals surface area contributed by atoms with Crippen molar-refractivity contribution in [3.05, 3.63) is 72.1 Å². The van der Waals surface area contributed by atoms with Gasteiger partial charge in [-0.15, -0.1) is 0 Å². The van der Waals surface area contributed by atoms with E-state index in [1.54, 1.807) is 6.20 Å². The summed E-state index contributed by atoms with van der Waals surface area (Å²) in [7, 11) is 1.00. The largest absolute Gasteiger partial charge is 0.487 e. The second-order valence-corrected chi connectivity index (χ2v) is 6.71. The highest BCUT2D eigenvalue weighted by Crippen LogP contribution is 2.29. The third-order valence-electron chi connectivity index (χ3n) is 3.98. The average molecular weight is 461 g/mol. The molecule has 7 N–H and O–H groups in total. The Balaban J connectivity index is 0.000000651. The molecule has 1 aliphatic carbocycles. The molecule has 0 spiro atoms. The van der Waals surface area contributed by atoms with Gasteiger partial charge in [0.2, 0.25) is 6.41 Å². The van der Waals surface area contributed by atoms with Crippen molar-refractivity contribution in [3.63, 3.8) is 0 Å². The van der Waals surface area contributed by atoms with Crippen molar-refractivity contribution < 1.29 is 24.2 Å². The molecule has 0 radical (unpaired) electrons. The molecule has 9 heteroatoms. The molecule has 182 valence electrons. The lowest BCUT2D eigenvalue weighted by Gasteiger charge is -2.15. The molecule has 2 aromatic rings. The molecule has 9 nitrogen and oxygen atoms in total. The fourth-order valence-electron chi connectivity index (χ4n) is 2.27. The second kappa shape index (κ2) is 18.1. The first-order valence-corrected chi connectivity index (χ1v) is 10.4. The predicted octanol–water partition coefficient (Wildman–Crippen LogP) is 2.22. The van der Waals surface area contributed by atoms with Crippen LogP contribution in [-0.4, -0.2) is 37.8 Å². The Labute approximate surface area is 195 Å². The van der Waals surface area contributed by atoms with Gasteiger partial charge >= 0.3 is 5.97 Å². The lowest BCUT2D eigenvalue weighted by atomic mass is 10.2. The van der Waals surface area contributed by atoms with Gasteiger partial charge in [0, 0.05) is 13.3 Å². The number of hydrogen-bond acceptors (Lipinski definition) is 8. The van der Waals surface area contributed by atoms with Crippen LogP contribution in [0, 0.1) is 12.8 Å². The van der Waals surface area contributed by atoms with E-state index < -0.39 is 0 Å². The Hall–Kier alpha value is -3.56. The van der Waals surface area contributed by atoms with E-state index in [4.69, 9.17) is 31.0 Å². The molecule has 1 saturated carbocycles. The number of hydrazine groups is 1. The van der Waals surface area contributed by atoms with Crippen molar-refractivity contribution in [1.82, 2.24) is 0 Å². The van der Waals surface area contributed by atoms with Crippen molar-refractivity contribution in [2.75, 3.05) is 25.3 Å². The number of aryl methyl sites for hydroxylation is 1. The summed E-state index contributed by atoms with van der Waals surface area (Å²) in [6, 6.07) is 17.4. The van der Waals surface area contributed by atoms with Crippen molar-refractivity contribution in [3.8, 4) is 5.75 Å². The third-order valence-corrected chi connectivity index (χ3v) is 3.98. The van der Waals surface area contributed by atoms with Crippen LogP contribution in [0.15, 0.2) is 66.5 Å². The number of hydrogen-bond donors (Lipinski definition) is 4.